The van der Waals surface area contributed by atoms with Gasteiger partial charge in [-0.2, -0.15) is 0 Å². The molecule has 0 bridgehead atoms. The van der Waals surface area contributed by atoms with Gasteiger partial charge in [0.1, 0.15) is 0 Å². The summed E-state index contributed by atoms with van der Waals surface area (Å²) in [5.74, 6) is -1.02. The molecular formula is C17H19FN4O4. The molecule has 1 saturated carbocycles. The number of ether oxygens (including phenoxy) is 1. The Morgan fingerprint density at radius 3 is 2.65 bits per heavy atom. The van der Waals surface area contributed by atoms with Crippen molar-refractivity contribution in [3.63, 3.8) is 0 Å². The lowest BCUT2D eigenvalue weighted by Gasteiger charge is -2.30. The number of fused-ring (bicyclic) bond motifs is 1. The molecule has 9 heteroatoms. The van der Waals surface area contributed by atoms with Gasteiger partial charge in [0.25, 0.3) is 0 Å². The number of hydrogen-bond acceptors (Lipinski definition) is 6. The first kappa shape index (κ1) is 16.6. The van der Waals surface area contributed by atoms with E-state index in [9.17, 15) is 14.0 Å². The van der Waals surface area contributed by atoms with Crippen LogP contribution >= 0.6 is 0 Å². The number of benzene rings is 1. The van der Waals surface area contributed by atoms with Crippen LogP contribution in [0.1, 0.15) is 18.9 Å². The number of aromatic nitrogens is 1. The van der Waals surface area contributed by atoms with E-state index in [0.717, 1.165) is 25.9 Å². The van der Waals surface area contributed by atoms with Gasteiger partial charge in [0.15, 0.2) is 11.6 Å². The Hall–Kier alpha value is -2.81. The van der Waals surface area contributed by atoms with Crippen molar-refractivity contribution in [1.29, 1.82) is 0 Å². The standard InChI is InChI=1S/C17H19FN4O4/c18-14-11(21-5-3-20-4-6-21)7-10-13(15(14)19)16(23)12(26-17(24)25)8-22(10)9-1-2-9/h7-9,20H,1-6,19H2,(H,24,25). The molecule has 26 heavy (non-hydrogen) atoms. The monoisotopic (exact) mass is 362 g/mol. The van der Waals surface area contributed by atoms with E-state index in [4.69, 9.17) is 10.8 Å². The van der Waals surface area contributed by atoms with Crippen LogP contribution in [0.3, 0.4) is 0 Å². The van der Waals surface area contributed by atoms with E-state index >= 15 is 0 Å². The molecule has 2 aromatic rings. The van der Waals surface area contributed by atoms with Crippen LogP contribution in [0.25, 0.3) is 10.9 Å². The van der Waals surface area contributed by atoms with Gasteiger partial charge in [0, 0.05) is 32.2 Å². The van der Waals surface area contributed by atoms with Crippen molar-refractivity contribution in [3.05, 3.63) is 28.3 Å². The molecule has 4 rings (SSSR count). The number of pyridine rings is 1. The molecule has 8 nitrogen and oxygen atoms in total. The highest BCUT2D eigenvalue weighted by Crippen LogP contribution is 2.40. The quantitative estimate of drug-likeness (QED) is 0.561. The normalized spacial score (nSPS) is 17.5. The van der Waals surface area contributed by atoms with Gasteiger partial charge in [-0.25, -0.2) is 9.18 Å². The molecule has 4 N–H and O–H groups in total. The Morgan fingerprint density at radius 1 is 1.35 bits per heavy atom. The molecule has 0 amide bonds. The van der Waals surface area contributed by atoms with E-state index in [1.807, 2.05) is 4.90 Å². The van der Waals surface area contributed by atoms with Gasteiger partial charge in [-0.1, -0.05) is 0 Å². The van der Waals surface area contributed by atoms with E-state index in [-0.39, 0.29) is 22.9 Å². The average molecular weight is 362 g/mol. The van der Waals surface area contributed by atoms with Crippen molar-refractivity contribution in [2.45, 2.75) is 18.9 Å². The van der Waals surface area contributed by atoms with E-state index in [1.165, 1.54) is 6.20 Å². The van der Waals surface area contributed by atoms with Crippen molar-refractivity contribution in [3.8, 4) is 5.75 Å². The maximum Gasteiger partial charge on any atom is 0.511 e. The first-order valence-corrected chi connectivity index (χ1v) is 8.50. The molecule has 0 atom stereocenters. The summed E-state index contributed by atoms with van der Waals surface area (Å²) < 4.78 is 21.3. The molecule has 1 saturated heterocycles. The summed E-state index contributed by atoms with van der Waals surface area (Å²) >= 11 is 0. The van der Waals surface area contributed by atoms with Gasteiger partial charge in [-0.15, -0.1) is 0 Å². The van der Waals surface area contributed by atoms with Gasteiger partial charge >= 0.3 is 6.16 Å². The van der Waals surface area contributed by atoms with Crippen molar-refractivity contribution >= 4 is 28.4 Å². The summed E-state index contributed by atoms with van der Waals surface area (Å²) in [4.78, 5) is 25.4. The summed E-state index contributed by atoms with van der Waals surface area (Å²) in [6.45, 7) is 2.74. The highest BCUT2D eigenvalue weighted by atomic mass is 19.1. The van der Waals surface area contributed by atoms with E-state index < -0.39 is 17.4 Å². The summed E-state index contributed by atoms with van der Waals surface area (Å²) in [5.41, 5.74) is 5.85. The third kappa shape index (κ3) is 2.74. The molecule has 0 radical (unpaired) electrons. The second kappa shape index (κ2) is 6.17. The van der Waals surface area contributed by atoms with Crippen LogP contribution in [0.15, 0.2) is 17.1 Å². The van der Waals surface area contributed by atoms with E-state index in [0.29, 0.717) is 24.3 Å². The molecule has 1 aromatic carbocycles. The maximum absolute atomic E-state index is 14.9. The van der Waals surface area contributed by atoms with Crippen LogP contribution in [-0.2, 0) is 0 Å². The molecule has 2 heterocycles. The average Bonchev–Trinajstić information content (AvgIpc) is 3.45. The fraction of sp³-hybridized carbons (Fsp3) is 0.412. The molecule has 1 aliphatic carbocycles. The summed E-state index contributed by atoms with van der Waals surface area (Å²) in [5, 5.41) is 12.0. The number of nitrogens with one attached hydrogen (secondary N) is 1. The van der Waals surface area contributed by atoms with Gasteiger partial charge < -0.3 is 30.4 Å². The maximum atomic E-state index is 14.9. The largest absolute Gasteiger partial charge is 0.511 e. The van der Waals surface area contributed by atoms with Crippen LogP contribution < -0.4 is 26.1 Å². The van der Waals surface area contributed by atoms with Gasteiger partial charge in [0.2, 0.25) is 5.43 Å². The van der Waals surface area contributed by atoms with Crippen molar-refractivity contribution < 1.29 is 19.0 Å². The predicted octanol–water partition coefficient (Wildman–Crippen LogP) is 1.52. The Bertz CT molecular complexity index is 948. The minimum absolute atomic E-state index is 0.0352. The fourth-order valence-corrected chi connectivity index (χ4v) is 3.43. The van der Waals surface area contributed by atoms with Crippen molar-refractivity contribution in [1.82, 2.24) is 9.88 Å². The lowest BCUT2D eigenvalue weighted by Crippen LogP contribution is -2.44. The molecule has 0 spiro atoms. The van der Waals surface area contributed by atoms with Crippen LogP contribution in [0.5, 0.6) is 5.75 Å². The smallest absolute Gasteiger partial charge is 0.449 e. The second-order valence-electron chi connectivity index (χ2n) is 6.58. The number of halogens is 1. The number of nitrogens with zero attached hydrogens (tertiary/aromatic N) is 2. The van der Waals surface area contributed by atoms with Crippen LogP contribution in [0, 0.1) is 5.82 Å². The summed E-state index contributed by atoms with van der Waals surface area (Å²) in [7, 11) is 0. The van der Waals surface area contributed by atoms with Crippen molar-refractivity contribution in [2.24, 2.45) is 0 Å². The Labute approximate surface area is 147 Å². The number of piperazine rings is 1. The number of nitrogens with two attached hydrogens (primary N) is 1. The first-order valence-electron chi connectivity index (χ1n) is 8.50. The van der Waals surface area contributed by atoms with Crippen molar-refractivity contribution in [2.75, 3.05) is 36.8 Å². The first-order chi connectivity index (χ1) is 12.5. The highest BCUT2D eigenvalue weighted by Gasteiger charge is 2.29. The van der Waals surface area contributed by atoms with E-state index in [1.54, 1.807) is 10.6 Å². The molecular weight excluding hydrogens is 343 g/mol. The zero-order chi connectivity index (χ0) is 18.4. The third-order valence-electron chi connectivity index (χ3n) is 4.84. The highest BCUT2D eigenvalue weighted by molar-refractivity contribution is 5.95. The molecule has 2 aliphatic rings. The zero-order valence-corrected chi connectivity index (χ0v) is 14.0. The van der Waals surface area contributed by atoms with Crippen LogP contribution in [0.4, 0.5) is 20.6 Å². The topological polar surface area (TPSA) is 110 Å². The molecule has 2 fully saturated rings. The van der Waals surface area contributed by atoms with Gasteiger partial charge in [0.05, 0.1) is 28.5 Å². The summed E-state index contributed by atoms with van der Waals surface area (Å²) in [6.07, 6.45) is 1.57. The predicted molar refractivity (Wildman–Crippen MR) is 94.6 cm³/mol. The number of hydrogen-bond donors (Lipinski definition) is 3. The van der Waals surface area contributed by atoms with Gasteiger partial charge in [-0.3, -0.25) is 4.79 Å². The number of carbonyl (C=O) groups is 1. The van der Waals surface area contributed by atoms with Crippen LogP contribution in [-0.4, -0.2) is 42.0 Å². The molecule has 1 aliphatic heterocycles. The fourth-order valence-electron chi connectivity index (χ4n) is 3.43. The summed E-state index contributed by atoms with van der Waals surface area (Å²) in [6, 6.07) is 1.76. The Morgan fingerprint density at radius 2 is 2.04 bits per heavy atom. The zero-order valence-electron chi connectivity index (χ0n) is 14.0. The number of nitrogen functional groups attached to an aromatic ring is 1. The van der Waals surface area contributed by atoms with Gasteiger partial charge in [-0.05, 0) is 18.9 Å². The lowest BCUT2D eigenvalue weighted by molar-refractivity contribution is 0.143. The number of rotatable bonds is 3. The Kier molecular flexibility index (Phi) is 3.95. The minimum Gasteiger partial charge on any atom is -0.449 e. The minimum atomic E-state index is -1.60. The molecule has 0 unspecified atom stereocenters. The van der Waals surface area contributed by atoms with Crippen LogP contribution in [0.2, 0.25) is 0 Å². The van der Waals surface area contributed by atoms with E-state index in [2.05, 4.69) is 10.1 Å². The number of anilines is 2. The second-order valence-corrected chi connectivity index (χ2v) is 6.58. The number of carboxylic acid groups (broad SMARTS) is 1. The molecule has 138 valence electrons. The lowest BCUT2D eigenvalue weighted by atomic mass is 10.1. The third-order valence-corrected chi connectivity index (χ3v) is 4.84. The molecule has 1 aromatic heterocycles. The Balaban J connectivity index is 1.97. The SMILES string of the molecule is Nc1c(F)c(N2CCNCC2)cc2c1c(=O)c(OC(=O)O)cn2C1CC1.